The van der Waals surface area contributed by atoms with Crippen LogP contribution in [0.4, 0.5) is 10.5 Å². The molecule has 0 unspecified atom stereocenters. The summed E-state index contributed by atoms with van der Waals surface area (Å²) in [6, 6.07) is 8.85. The van der Waals surface area contributed by atoms with Crippen molar-refractivity contribution in [3.8, 4) is 5.69 Å². The van der Waals surface area contributed by atoms with Gasteiger partial charge in [-0.3, -0.25) is 0 Å². The summed E-state index contributed by atoms with van der Waals surface area (Å²) in [7, 11) is 0. The molecule has 8 heteroatoms. The third kappa shape index (κ3) is 4.33. The molecule has 1 saturated heterocycles. The number of aromatic nitrogens is 2. The molecule has 3 rings (SSSR count). The maximum absolute atomic E-state index is 12.3. The molecular formula is C17H20N4O3S. The van der Waals surface area contributed by atoms with Crippen LogP contribution in [0, 0.1) is 0 Å². The predicted molar refractivity (Wildman–Crippen MR) is 97.4 cm³/mol. The molecule has 1 fully saturated rings. The Morgan fingerprint density at radius 3 is 2.84 bits per heavy atom. The lowest BCUT2D eigenvalue weighted by Crippen LogP contribution is -2.40. The van der Waals surface area contributed by atoms with Crippen LogP contribution in [0.5, 0.6) is 0 Å². The van der Waals surface area contributed by atoms with Crippen LogP contribution in [0.15, 0.2) is 36.5 Å². The van der Waals surface area contributed by atoms with Crippen molar-refractivity contribution in [2.45, 2.75) is 6.92 Å². The van der Waals surface area contributed by atoms with E-state index in [1.54, 1.807) is 23.9 Å². The molecule has 25 heavy (non-hydrogen) atoms. The number of carbonyl (C=O) groups excluding carboxylic acids is 2. The number of hydrogen-bond donors (Lipinski definition) is 1. The molecule has 0 aliphatic carbocycles. The van der Waals surface area contributed by atoms with Gasteiger partial charge in [0.2, 0.25) is 0 Å². The smallest absolute Gasteiger partial charge is 0.358 e. The molecule has 0 bridgehead atoms. The highest BCUT2D eigenvalue weighted by molar-refractivity contribution is 7.99. The lowest BCUT2D eigenvalue weighted by Gasteiger charge is -2.26. The summed E-state index contributed by atoms with van der Waals surface area (Å²) in [5.74, 6) is 1.49. The van der Waals surface area contributed by atoms with Crippen LogP contribution in [0.2, 0.25) is 0 Å². The number of urea groups is 1. The van der Waals surface area contributed by atoms with E-state index in [2.05, 4.69) is 10.4 Å². The summed E-state index contributed by atoms with van der Waals surface area (Å²) in [6.45, 7) is 3.58. The van der Waals surface area contributed by atoms with E-state index in [9.17, 15) is 9.59 Å². The van der Waals surface area contributed by atoms with Crippen molar-refractivity contribution in [2.75, 3.05) is 36.5 Å². The zero-order valence-electron chi connectivity index (χ0n) is 14.0. The van der Waals surface area contributed by atoms with E-state index < -0.39 is 5.97 Å². The van der Waals surface area contributed by atoms with Gasteiger partial charge in [0.25, 0.3) is 0 Å². The Labute approximate surface area is 150 Å². The molecule has 0 saturated carbocycles. The monoisotopic (exact) mass is 360 g/mol. The van der Waals surface area contributed by atoms with Crippen LogP contribution in [0.25, 0.3) is 5.69 Å². The zero-order chi connectivity index (χ0) is 17.6. The average Bonchev–Trinajstić information content (AvgIpc) is 3.13. The number of anilines is 1. The molecular weight excluding hydrogens is 340 g/mol. The van der Waals surface area contributed by atoms with Crippen LogP contribution < -0.4 is 5.32 Å². The van der Waals surface area contributed by atoms with E-state index >= 15 is 0 Å². The van der Waals surface area contributed by atoms with Crippen LogP contribution in [-0.4, -0.2) is 57.9 Å². The molecule has 1 aromatic carbocycles. The first-order valence-electron chi connectivity index (χ1n) is 8.14. The van der Waals surface area contributed by atoms with Crippen LogP contribution in [-0.2, 0) is 4.74 Å². The standard InChI is InChI=1S/C17H20N4O3S/c1-2-24-16(22)15-6-7-21(19-15)14-5-3-4-13(12-14)18-17(23)20-8-10-25-11-9-20/h3-7,12H,2,8-11H2,1H3,(H,18,23). The lowest BCUT2D eigenvalue weighted by molar-refractivity contribution is 0.0519. The number of thioether (sulfide) groups is 1. The van der Waals surface area contributed by atoms with Gasteiger partial charge in [-0.1, -0.05) is 6.07 Å². The Bertz CT molecular complexity index is 756. The first-order chi connectivity index (χ1) is 12.2. The second-order valence-electron chi connectivity index (χ2n) is 5.45. The van der Waals surface area contributed by atoms with Gasteiger partial charge < -0.3 is 15.0 Å². The number of rotatable bonds is 4. The van der Waals surface area contributed by atoms with Crippen molar-refractivity contribution < 1.29 is 14.3 Å². The van der Waals surface area contributed by atoms with Crippen LogP contribution >= 0.6 is 11.8 Å². The SMILES string of the molecule is CCOC(=O)c1ccn(-c2cccc(NC(=O)N3CCSCC3)c2)n1. The van der Waals surface area contributed by atoms with Crippen molar-refractivity contribution in [1.29, 1.82) is 0 Å². The Balaban J connectivity index is 1.71. The van der Waals surface area contributed by atoms with Gasteiger partial charge in [-0.2, -0.15) is 16.9 Å². The van der Waals surface area contributed by atoms with Gasteiger partial charge in [0.05, 0.1) is 12.3 Å². The molecule has 1 aliphatic rings. The molecule has 7 nitrogen and oxygen atoms in total. The molecule has 2 aromatic rings. The van der Waals surface area contributed by atoms with Crippen molar-refractivity contribution in [1.82, 2.24) is 14.7 Å². The molecule has 1 aromatic heterocycles. The van der Waals surface area contributed by atoms with E-state index in [-0.39, 0.29) is 11.7 Å². The molecule has 2 heterocycles. The topological polar surface area (TPSA) is 76.5 Å². The number of amides is 2. The predicted octanol–water partition coefficient (Wildman–Crippen LogP) is 2.63. The highest BCUT2D eigenvalue weighted by Crippen LogP contribution is 2.16. The van der Waals surface area contributed by atoms with E-state index in [0.29, 0.717) is 12.3 Å². The number of benzene rings is 1. The van der Waals surface area contributed by atoms with Crippen molar-refractivity contribution in [2.24, 2.45) is 0 Å². The van der Waals surface area contributed by atoms with E-state index in [4.69, 9.17) is 4.74 Å². The van der Waals surface area contributed by atoms with E-state index in [1.165, 1.54) is 0 Å². The Morgan fingerprint density at radius 2 is 2.08 bits per heavy atom. The number of esters is 1. The zero-order valence-corrected chi connectivity index (χ0v) is 14.8. The molecule has 1 aliphatic heterocycles. The van der Waals surface area contributed by atoms with Gasteiger partial charge in [0.15, 0.2) is 5.69 Å². The highest BCUT2D eigenvalue weighted by atomic mass is 32.2. The van der Waals surface area contributed by atoms with E-state index in [1.807, 2.05) is 40.9 Å². The summed E-state index contributed by atoms with van der Waals surface area (Å²) < 4.78 is 6.52. The quantitative estimate of drug-likeness (QED) is 0.848. The van der Waals surface area contributed by atoms with Crippen LogP contribution in [0.1, 0.15) is 17.4 Å². The first kappa shape index (κ1) is 17.3. The molecule has 2 amide bonds. The van der Waals surface area contributed by atoms with Crippen molar-refractivity contribution >= 4 is 29.4 Å². The minimum Gasteiger partial charge on any atom is -0.461 e. The number of nitrogens with zero attached hydrogens (tertiary/aromatic N) is 3. The number of nitrogens with one attached hydrogen (secondary N) is 1. The minimum atomic E-state index is -0.450. The summed E-state index contributed by atoms with van der Waals surface area (Å²) in [5, 5.41) is 7.14. The maximum atomic E-state index is 12.3. The fourth-order valence-electron chi connectivity index (χ4n) is 2.48. The Hall–Kier alpha value is -2.48. The highest BCUT2D eigenvalue weighted by Gasteiger charge is 2.17. The van der Waals surface area contributed by atoms with E-state index in [0.717, 1.165) is 30.3 Å². The van der Waals surface area contributed by atoms with Crippen LogP contribution in [0.3, 0.4) is 0 Å². The first-order valence-corrected chi connectivity index (χ1v) is 9.30. The third-order valence-electron chi connectivity index (χ3n) is 3.73. The second-order valence-corrected chi connectivity index (χ2v) is 6.67. The van der Waals surface area contributed by atoms with Gasteiger partial charge in [-0.05, 0) is 31.2 Å². The molecule has 0 atom stereocenters. The molecule has 0 spiro atoms. The lowest BCUT2D eigenvalue weighted by atomic mass is 10.3. The summed E-state index contributed by atoms with van der Waals surface area (Å²) >= 11 is 1.86. The second kappa shape index (κ2) is 8.06. The third-order valence-corrected chi connectivity index (χ3v) is 4.68. The molecule has 0 radical (unpaired) electrons. The summed E-state index contributed by atoms with van der Waals surface area (Å²) in [6.07, 6.45) is 1.69. The van der Waals surface area contributed by atoms with Gasteiger partial charge in [0.1, 0.15) is 0 Å². The largest absolute Gasteiger partial charge is 0.461 e. The normalized spacial score (nSPS) is 14.2. The van der Waals surface area contributed by atoms with Crippen molar-refractivity contribution in [3.63, 3.8) is 0 Å². The Morgan fingerprint density at radius 1 is 1.28 bits per heavy atom. The van der Waals surface area contributed by atoms with Crippen molar-refractivity contribution in [3.05, 3.63) is 42.2 Å². The summed E-state index contributed by atoms with van der Waals surface area (Å²) in [5.41, 5.74) is 1.69. The maximum Gasteiger partial charge on any atom is 0.358 e. The number of ether oxygens (including phenoxy) is 1. The fourth-order valence-corrected chi connectivity index (χ4v) is 3.38. The molecule has 132 valence electrons. The van der Waals surface area contributed by atoms with Gasteiger partial charge >= 0.3 is 12.0 Å². The number of carbonyl (C=O) groups is 2. The van der Waals surface area contributed by atoms with Gasteiger partial charge in [-0.25, -0.2) is 14.3 Å². The molecule has 1 N–H and O–H groups in total. The Kier molecular flexibility index (Phi) is 5.60. The van der Waals surface area contributed by atoms with Gasteiger partial charge in [-0.15, -0.1) is 0 Å². The number of hydrogen-bond acceptors (Lipinski definition) is 5. The average molecular weight is 360 g/mol. The summed E-state index contributed by atoms with van der Waals surface area (Å²) in [4.78, 5) is 25.8. The minimum absolute atomic E-state index is 0.0925. The fraction of sp³-hybridized carbons (Fsp3) is 0.353. The van der Waals surface area contributed by atoms with Gasteiger partial charge in [0, 0.05) is 36.5 Å².